The Morgan fingerprint density at radius 3 is 2.55 bits per heavy atom. The second-order valence-electron chi connectivity index (χ2n) is 9.96. The van der Waals surface area contributed by atoms with Gasteiger partial charge in [0.05, 0.1) is 41.8 Å². The van der Waals surface area contributed by atoms with E-state index in [4.69, 9.17) is 4.74 Å². The van der Waals surface area contributed by atoms with Gasteiger partial charge in [0.2, 0.25) is 11.9 Å². The molecular weight excluding hydrogens is 546 g/mol. The van der Waals surface area contributed by atoms with Gasteiger partial charge in [0, 0.05) is 38.5 Å². The molecule has 1 amide bonds. The molecule has 0 saturated carbocycles. The number of aryl methyl sites for hydroxylation is 1. The number of halogens is 2. The zero-order valence-electron chi connectivity index (χ0n) is 24.2. The molecule has 0 aliphatic heterocycles. The Morgan fingerprint density at radius 1 is 1.12 bits per heavy atom. The lowest BCUT2D eigenvalue weighted by atomic mass is 10.2. The van der Waals surface area contributed by atoms with Crippen LogP contribution in [0.2, 0.25) is 0 Å². The van der Waals surface area contributed by atoms with Gasteiger partial charge in [-0.05, 0) is 50.9 Å². The van der Waals surface area contributed by atoms with E-state index in [2.05, 4.69) is 27.2 Å². The smallest absolute Gasteiger partial charge is 0.335 e. The fourth-order valence-electron chi connectivity index (χ4n) is 4.46. The maximum absolute atomic E-state index is 13.4. The summed E-state index contributed by atoms with van der Waals surface area (Å²) in [7, 11) is 7.37. The summed E-state index contributed by atoms with van der Waals surface area (Å²) in [5.41, 5.74) is 2.68. The summed E-state index contributed by atoms with van der Waals surface area (Å²) < 4.78 is 34.7. The SMILES string of the molecule is C=CC(=O)Nc1cc(Nc2nccc(-n3c(=O)n(CC(F)F)c4cc(C)ccc43)n2)c(OC)cc1N(C)CCN(C)C. The molecule has 2 heterocycles. The minimum atomic E-state index is -2.71. The Hall–Kier alpha value is -4.78. The number of amides is 1. The summed E-state index contributed by atoms with van der Waals surface area (Å²) in [6.07, 6.45) is -0.0761. The number of benzene rings is 2. The van der Waals surface area contributed by atoms with Crippen molar-refractivity contribution in [3.8, 4) is 11.6 Å². The molecule has 2 aromatic heterocycles. The Labute approximate surface area is 242 Å². The molecule has 2 N–H and O–H groups in total. The fourth-order valence-corrected chi connectivity index (χ4v) is 4.46. The first-order valence-electron chi connectivity index (χ1n) is 13.1. The van der Waals surface area contributed by atoms with Gasteiger partial charge < -0.3 is 25.2 Å². The number of nitrogens with zero attached hydrogens (tertiary/aromatic N) is 6. The maximum atomic E-state index is 13.4. The average molecular weight is 581 g/mol. The fraction of sp³-hybridized carbons (Fsp3) is 0.310. The Morgan fingerprint density at radius 2 is 1.88 bits per heavy atom. The zero-order valence-corrected chi connectivity index (χ0v) is 24.2. The Bertz CT molecular complexity index is 1660. The predicted octanol–water partition coefficient (Wildman–Crippen LogP) is 4.03. The molecule has 0 aliphatic rings. The van der Waals surface area contributed by atoms with Gasteiger partial charge >= 0.3 is 5.69 Å². The number of aromatic nitrogens is 4. The zero-order chi connectivity index (χ0) is 30.6. The van der Waals surface area contributed by atoms with E-state index >= 15 is 0 Å². The van der Waals surface area contributed by atoms with E-state index in [0.717, 1.165) is 22.4 Å². The van der Waals surface area contributed by atoms with Crippen LogP contribution < -0.4 is 26.0 Å². The van der Waals surface area contributed by atoms with E-state index < -0.39 is 18.7 Å². The molecule has 42 heavy (non-hydrogen) atoms. The molecule has 0 fully saturated rings. The molecule has 0 atom stereocenters. The molecule has 0 unspecified atom stereocenters. The van der Waals surface area contributed by atoms with Crippen LogP contribution in [0.5, 0.6) is 5.75 Å². The number of rotatable bonds is 12. The number of nitrogens with one attached hydrogen (secondary N) is 2. The molecule has 0 saturated heterocycles. The highest BCUT2D eigenvalue weighted by Crippen LogP contribution is 2.38. The maximum Gasteiger partial charge on any atom is 0.335 e. The standard InChI is InChI=1S/C29H34F2N8O3/c1-7-27(40)33-19-15-20(24(42-6)16-22(19)37(5)13-12-36(3)4)34-28-32-11-10-26(35-28)39-21-9-8-18(2)14-23(21)38(29(39)41)17-25(30)31/h7-11,14-16,25H,1,12-13,17H2,2-6H3,(H,33,40)(H,32,34,35). The first-order valence-corrected chi connectivity index (χ1v) is 13.1. The van der Waals surface area contributed by atoms with Gasteiger partial charge in [-0.15, -0.1) is 0 Å². The lowest BCUT2D eigenvalue weighted by Crippen LogP contribution is -2.29. The van der Waals surface area contributed by atoms with E-state index in [1.165, 1.54) is 30.0 Å². The molecule has 0 spiro atoms. The van der Waals surface area contributed by atoms with Crippen molar-refractivity contribution >= 4 is 40.0 Å². The largest absolute Gasteiger partial charge is 0.494 e. The van der Waals surface area contributed by atoms with Crippen LogP contribution in [0.4, 0.5) is 31.8 Å². The molecule has 4 aromatic rings. The summed E-state index contributed by atoms with van der Waals surface area (Å²) >= 11 is 0. The van der Waals surface area contributed by atoms with E-state index in [-0.39, 0.29) is 17.7 Å². The van der Waals surface area contributed by atoms with Gasteiger partial charge in [0.1, 0.15) is 11.6 Å². The highest BCUT2D eigenvalue weighted by Gasteiger charge is 2.20. The van der Waals surface area contributed by atoms with E-state index in [1.807, 2.05) is 37.9 Å². The van der Waals surface area contributed by atoms with E-state index in [0.29, 0.717) is 34.7 Å². The van der Waals surface area contributed by atoms with Crippen LogP contribution >= 0.6 is 0 Å². The molecule has 2 aromatic carbocycles. The monoisotopic (exact) mass is 580 g/mol. The van der Waals surface area contributed by atoms with Crippen molar-refractivity contribution in [1.29, 1.82) is 0 Å². The number of hydrogen-bond donors (Lipinski definition) is 2. The van der Waals surface area contributed by atoms with Crippen molar-refractivity contribution in [2.75, 3.05) is 56.9 Å². The summed E-state index contributed by atoms with van der Waals surface area (Å²) in [5.74, 6) is 0.378. The van der Waals surface area contributed by atoms with Crippen molar-refractivity contribution in [3.63, 3.8) is 0 Å². The highest BCUT2D eigenvalue weighted by molar-refractivity contribution is 6.02. The number of anilines is 4. The summed E-state index contributed by atoms with van der Waals surface area (Å²) in [4.78, 5) is 38.4. The topological polar surface area (TPSA) is 110 Å². The number of carbonyl (C=O) groups is 1. The van der Waals surface area contributed by atoms with Crippen molar-refractivity contribution in [1.82, 2.24) is 24.0 Å². The molecule has 0 aliphatic carbocycles. The van der Waals surface area contributed by atoms with Crippen molar-refractivity contribution < 1.29 is 18.3 Å². The number of fused-ring (bicyclic) bond motifs is 1. The number of methoxy groups -OCH3 is 1. The molecule has 4 rings (SSSR count). The second kappa shape index (κ2) is 12.8. The van der Waals surface area contributed by atoms with Gasteiger partial charge in [-0.25, -0.2) is 23.1 Å². The number of alkyl halides is 2. The normalized spacial score (nSPS) is 11.3. The van der Waals surface area contributed by atoms with Crippen LogP contribution in [0.1, 0.15) is 5.56 Å². The van der Waals surface area contributed by atoms with Crippen LogP contribution in [0.25, 0.3) is 16.9 Å². The van der Waals surface area contributed by atoms with Crippen molar-refractivity contribution in [2.24, 2.45) is 0 Å². The number of ether oxygens (including phenoxy) is 1. The Kier molecular flexibility index (Phi) is 9.21. The third-order valence-electron chi connectivity index (χ3n) is 6.58. The van der Waals surface area contributed by atoms with Gasteiger partial charge in [0.15, 0.2) is 0 Å². The van der Waals surface area contributed by atoms with Gasteiger partial charge in [0.25, 0.3) is 6.43 Å². The lowest BCUT2D eigenvalue weighted by molar-refractivity contribution is -0.111. The van der Waals surface area contributed by atoms with E-state index in [9.17, 15) is 18.4 Å². The van der Waals surface area contributed by atoms with Crippen LogP contribution in [-0.2, 0) is 11.3 Å². The summed E-state index contributed by atoms with van der Waals surface area (Å²) in [6.45, 7) is 6.08. The molecule has 13 heteroatoms. The number of hydrogen-bond acceptors (Lipinski definition) is 8. The first kappa shape index (κ1) is 30.2. The quantitative estimate of drug-likeness (QED) is 0.242. The van der Waals surface area contributed by atoms with Crippen LogP contribution in [0, 0.1) is 6.92 Å². The van der Waals surface area contributed by atoms with Gasteiger partial charge in [-0.2, -0.15) is 4.98 Å². The third-order valence-corrected chi connectivity index (χ3v) is 6.58. The third kappa shape index (κ3) is 6.57. The molecular formula is C29H34F2N8O3. The molecule has 0 radical (unpaired) electrons. The van der Waals surface area contributed by atoms with Crippen molar-refractivity contribution in [3.05, 3.63) is 71.3 Å². The minimum absolute atomic E-state index is 0.120. The average Bonchev–Trinajstić information content (AvgIpc) is 3.21. The molecule has 222 valence electrons. The first-order chi connectivity index (χ1) is 20.0. The number of likely N-dealkylation sites (N-methyl/N-ethyl adjacent to an activating group) is 2. The summed E-state index contributed by atoms with van der Waals surface area (Å²) in [6, 6.07) is 10.2. The minimum Gasteiger partial charge on any atom is -0.494 e. The van der Waals surface area contributed by atoms with Crippen LogP contribution in [0.15, 0.2) is 60.0 Å². The Balaban J connectivity index is 1.77. The number of carbonyl (C=O) groups excluding carboxylic acids is 1. The molecule has 11 nitrogen and oxygen atoms in total. The van der Waals surface area contributed by atoms with Crippen LogP contribution in [-0.4, -0.2) is 77.7 Å². The highest BCUT2D eigenvalue weighted by atomic mass is 19.3. The van der Waals surface area contributed by atoms with Gasteiger partial charge in [-0.3, -0.25) is 9.36 Å². The lowest BCUT2D eigenvalue weighted by Gasteiger charge is -2.26. The van der Waals surface area contributed by atoms with Crippen molar-refractivity contribution in [2.45, 2.75) is 19.9 Å². The summed E-state index contributed by atoms with van der Waals surface area (Å²) in [5, 5.41) is 5.94. The number of imidazole rings is 1. The second-order valence-corrected chi connectivity index (χ2v) is 9.96. The van der Waals surface area contributed by atoms with Crippen LogP contribution in [0.3, 0.4) is 0 Å². The van der Waals surface area contributed by atoms with Gasteiger partial charge in [-0.1, -0.05) is 12.6 Å². The molecule has 0 bridgehead atoms. The predicted molar refractivity (Wildman–Crippen MR) is 161 cm³/mol. The van der Waals surface area contributed by atoms with E-state index in [1.54, 1.807) is 30.3 Å².